The summed E-state index contributed by atoms with van der Waals surface area (Å²) in [5, 5.41) is 10.6. The van der Waals surface area contributed by atoms with E-state index in [1.54, 1.807) is 9.58 Å². The molecule has 1 aliphatic heterocycles. The van der Waals surface area contributed by atoms with E-state index in [4.69, 9.17) is 5.10 Å². The number of aryl methyl sites for hydroxylation is 1. The average Bonchev–Trinajstić information content (AvgIpc) is 3.47. The maximum absolute atomic E-state index is 13.2. The molecule has 0 bridgehead atoms. The van der Waals surface area contributed by atoms with Crippen LogP contribution in [0.1, 0.15) is 60.8 Å². The van der Waals surface area contributed by atoms with Crippen molar-refractivity contribution in [3.63, 3.8) is 0 Å². The standard InChI is InChI=1S/C36H39F4N5O3/c1-23-5-13-28(14-6-23)45-31(22-30(43-45)35(2,3)4)42-34(47)41-27-11-7-24(8-12-27)21-25-17-19-44(20-18-25)32(46)26-9-15-29(16-10-26)48-36(39,40)33(37)38/h5-16,22,25,33H,17-21H2,1-4H3,(H2,41,42,47). The summed E-state index contributed by atoms with van der Waals surface area (Å²) < 4.78 is 56.9. The third-order valence-electron chi connectivity index (χ3n) is 8.25. The van der Waals surface area contributed by atoms with Crippen molar-refractivity contribution in [1.82, 2.24) is 14.7 Å². The highest BCUT2D eigenvalue weighted by Crippen LogP contribution is 2.29. The summed E-state index contributed by atoms with van der Waals surface area (Å²) in [6.45, 7) is 9.28. The van der Waals surface area contributed by atoms with Crippen LogP contribution < -0.4 is 15.4 Å². The van der Waals surface area contributed by atoms with E-state index < -0.39 is 18.3 Å². The first-order valence-corrected chi connectivity index (χ1v) is 15.8. The second kappa shape index (κ2) is 14.1. The van der Waals surface area contributed by atoms with Gasteiger partial charge < -0.3 is 15.0 Å². The van der Waals surface area contributed by atoms with Crippen molar-refractivity contribution >= 4 is 23.4 Å². The van der Waals surface area contributed by atoms with E-state index in [0.717, 1.165) is 53.9 Å². The first kappa shape index (κ1) is 34.5. The lowest BCUT2D eigenvalue weighted by Gasteiger charge is -2.32. The first-order valence-electron chi connectivity index (χ1n) is 15.8. The zero-order chi connectivity index (χ0) is 34.6. The Balaban J connectivity index is 1.12. The van der Waals surface area contributed by atoms with Gasteiger partial charge in [-0.3, -0.25) is 10.1 Å². The predicted octanol–water partition coefficient (Wildman–Crippen LogP) is 8.45. The Kier molecular flexibility index (Phi) is 10.1. The van der Waals surface area contributed by atoms with Crippen molar-refractivity contribution in [3.8, 4) is 11.4 Å². The summed E-state index contributed by atoms with van der Waals surface area (Å²) in [6, 6.07) is 21.8. The Morgan fingerprint density at radius 2 is 1.54 bits per heavy atom. The fourth-order valence-electron chi connectivity index (χ4n) is 5.45. The van der Waals surface area contributed by atoms with E-state index in [9.17, 15) is 27.2 Å². The number of nitrogens with zero attached hydrogens (tertiary/aromatic N) is 3. The van der Waals surface area contributed by atoms with Crippen LogP contribution in [0.5, 0.6) is 5.75 Å². The lowest BCUT2D eigenvalue weighted by molar-refractivity contribution is -0.253. The zero-order valence-electron chi connectivity index (χ0n) is 27.3. The smallest absolute Gasteiger partial charge is 0.428 e. The minimum atomic E-state index is -4.61. The van der Waals surface area contributed by atoms with E-state index in [2.05, 4.69) is 36.1 Å². The average molecular weight is 666 g/mol. The van der Waals surface area contributed by atoms with Crippen molar-refractivity contribution in [2.75, 3.05) is 23.7 Å². The van der Waals surface area contributed by atoms with Crippen LogP contribution in [-0.4, -0.2) is 52.2 Å². The Hall–Kier alpha value is -4.87. The van der Waals surface area contributed by atoms with Crippen LogP contribution in [0.2, 0.25) is 0 Å². The molecule has 8 nitrogen and oxygen atoms in total. The number of hydrogen-bond acceptors (Lipinski definition) is 4. The summed E-state index contributed by atoms with van der Waals surface area (Å²) in [5.74, 6) is 0.203. The molecule has 12 heteroatoms. The fraction of sp³-hybridized carbons (Fsp3) is 0.361. The Morgan fingerprint density at radius 1 is 0.917 bits per heavy atom. The van der Waals surface area contributed by atoms with Gasteiger partial charge in [0, 0.05) is 35.8 Å². The molecule has 3 aromatic carbocycles. The van der Waals surface area contributed by atoms with Crippen LogP contribution in [0.3, 0.4) is 0 Å². The van der Waals surface area contributed by atoms with Crippen LogP contribution >= 0.6 is 0 Å². The molecule has 1 aliphatic rings. The lowest BCUT2D eigenvalue weighted by atomic mass is 9.90. The van der Waals surface area contributed by atoms with E-state index in [-0.39, 0.29) is 22.9 Å². The summed E-state index contributed by atoms with van der Waals surface area (Å²) >= 11 is 0. The fourth-order valence-corrected chi connectivity index (χ4v) is 5.45. The van der Waals surface area contributed by atoms with Crippen LogP contribution in [0, 0.1) is 12.8 Å². The molecule has 3 amide bonds. The number of hydrogen-bond donors (Lipinski definition) is 2. The van der Waals surface area contributed by atoms with Gasteiger partial charge in [0.15, 0.2) is 0 Å². The number of anilines is 2. The highest BCUT2D eigenvalue weighted by molar-refractivity contribution is 5.99. The van der Waals surface area contributed by atoms with Gasteiger partial charge in [-0.1, -0.05) is 50.6 Å². The number of carbonyl (C=O) groups is 2. The van der Waals surface area contributed by atoms with Crippen molar-refractivity contribution in [3.05, 3.63) is 101 Å². The molecule has 2 N–H and O–H groups in total. The largest absolute Gasteiger partial charge is 0.461 e. The summed E-state index contributed by atoms with van der Waals surface area (Å²) in [4.78, 5) is 27.6. The molecular weight excluding hydrogens is 626 g/mol. The van der Waals surface area contributed by atoms with E-state index in [0.29, 0.717) is 30.5 Å². The number of benzene rings is 3. The van der Waals surface area contributed by atoms with Gasteiger partial charge in [-0.25, -0.2) is 9.48 Å². The normalized spacial score (nSPS) is 14.2. The molecule has 254 valence electrons. The maximum Gasteiger partial charge on any atom is 0.461 e. The Labute approximate surface area is 277 Å². The number of alkyl halides is 4. The Bertz CT molecular complexity index is 1710. The van der Waals surface area contributed by atoms with E-state index >= 15 is 0 Å². The Morgan fingerprint density at radius 3 is 2.12 bits per heavy atom. The second-order valence-corrected chi connectivity index (χ2v) is 13.1. The van der Waals surface area contributed by atoms with Gasteiger partial charge in [-0.15, -0.1) is 0 Å². The van der Waals surface area contributed by atoms with Gasteiger partial charge in [0.1, 0.15) is 11.6 Å². The monoisotopic (exact) mass is 665 g/mol. The van der Waals surface area contributed by atoms with E-state index in [1.807, 2.05) is 61.5 Å². The van der Waals surface area contributed by atoms with Crippen molar-refractivity contribution in [1.29, 1.82) is 0 Å². The number of nitrogens with one attached hydrogen (secondary N) is 2. The molecule has 0 unspecified atom stereocenters. The highest BCUT2D eigenvalue weighted by Gasteiger charge is 2.44. The number of rotatable bonds is 9. The summed E-state index contributed by atoms with van der Waals surface area (Å²) in [5.41, 5.74) is 4.62. The SMILES string of the molecule is Cc1ccc(-n2nc(C(C)(C)C)cc2NC(=O)Nc2ccc(CC3CCN(C(=O)c4ccc(OC(F)(F)C(F)F)cc4)CC3)cc2)cc1. The third kappa shape index (κ3) is 8.53. The van der Waals surface area contributed by atoms with Crippen LogP contribution in [-0.2, 0) is 11.8 Å². The highest BCUT2D eigenvalue weighted by atomic mass is 19.3. The summed E-state index contributed by atoms with van der Waals surface area (Å²) in [7, 11) is 0. The molecule has 48 heavy (non-hydrogen) atoms. The van der Waals surface area contributed by atoms with Crippen LogP contribution in [0.15, 0.2) is 78.9 Å². The van der Waals surface area contributed by atoms with Crippen LogP contribution in [0.25, 0.3) is 5.69 Å². The molecule has 0 aliphatic carbocycles. The lowest BCUT2D eigenvalue weighted by Crippen LogP contribution is -2.39. The molecule has 4 aromatic rings. The molecule has 1 saturated heterocycles. The van der Waals surface area contributed by atoms with Gasteiger partial charge >= 0.3 is 18.6 Å². The number of urea groups is 1. The van der Waals surface area contributed by atoms with Crippen molar-refractivity contribution in [2.24, 2.45) is 5.92 Å². The number of ether oxygens (including phenoxy) is 1. The number of amides is 3. The number of halogens is 4. The van der Waals surface area contributed by atoms with Gasteiger partial charge in [0.2, 0.25) is 0 Å². The number of aromatic nitrogens is 2. The predicted molar refractivity (Wildman–Crippen MR) is 176 cm³/mol. The molecule has 0 radical (unpaired) electrons. The molecule has 2 heterocycles. The molecule has 0 spiro atoms. The topological polar surface area (TPSA) is 88.5 Å². The first-order chi connectivity index (χ1) is 22.7. The summed E-state index contributed by atoms with van der Waals surface area (Å²) in [6.07, 6.45) is -6.20. The maximum atomic E-state index is 13.2. The molecule has 1 fully saturated rings. The van der Waals surface area contributed by atoms with Gasteiger partial charge in [0.25, 0.3) is 5.91 Å². The minimum absolute atomic E-state index is 0.209. The molecule has 5 rings (SSSR count). The molecule has 0 saturated carbocycles. The number of carbonyl (C=O) groups excluding carboxylic acids is 2. The quantitative estimate of drug-likeness (QED) is 0.176. The van der Waals surface area contributed by atoms with Gasteiger partial charge in [-0.05, 0) is 86.2 Å². The van der Waals surface area contributed by atoms with Crippen molar-refractivity contribution < 1.29 is 31.9 Å². The molecular formula is C36H39F4N5O3. The second-order valence-electron chi connectivity index (χ2n) is 13.1. The third-order valence-corrected chi connectivity index (χ3v) is 8.25. The minimum Gasteiger partial charge on any atom is -0.428 e. The number of piperidine rings is 1. The zero-order valence-corrected chi connectivity index (χ0v) is 27.3. The number of likely N-dealkylation sites (tertiary alicyclic amines) is 1. The molecule has 1 aromatic heterocycles. The van der Waals surface area contributed by atoms with E-state index in [1.165, 1.54) is 12.1 Å². The van der Waals surface area contributed by atoms with Crippen molar-refractivity contribution in [2.45, 2.75) is 64.9 Å². The molecule has 0 atom stereocenters. The van der Waals surface area contributed by atoms with Gasteiger partial charge in [-0.2, -0.15) is 22.7 Å². The van der Waals surface area contributed by atoms with Crippen LogP contribution in [0.4, 0.5) is 33.9 Å². The van der Waals surface area contributed by atoms with Gasteiger partial charge in [0.05, 0.1) is 11.4 Å².